The minimum atomic E-state index is -0.370. The van der Waals surface area contributed by atoms with Crippen molar-refractivity contribution in [3.8, 4) is 0 Å². The van der Waals surface area contributed by atoms with Crippen LogP contribution in [0.25, 0.3) is 0 Å². The van der Waals surface area contributed by atoms with Gasteiger partial charge in [-0.2, -0.15) is 0 Å². The van der Waals surface area contributed by atoms with Gasteiger partial charge in [0, 0.05) is 32.3 Å². The Morgan fingerprint density at radius 2 is 2.31 bits per heavy atom. The summed E-state index contributed by atoms with van der Waals surface area (Å²) in [4.78, 5) is 12.5. The smallest absolute Gasteiger partial charge is 0.269 e. The van der Waals surface area contributed by atoms with Crippen LogP contribution in [0, 0.1) is 10.1 Å². The van der Waals surface area contributed by atoms with E-state index >= 15 is 0 Å². The fraction of sp³-hybridized carbons (Fsp3) is 0.455. The van der Waals surface area contributed by atoms with E-state index in [2.05, 4.69) is 4.90 Å². The molecule has 86 valence electrons. The largest absolute Gasteiger partial charge is 0.375 e. The number of nitrogens with zero attached hydrogens (tertiary/aromatic N) is 2. The lowest BCUT2D eigenvalue weighted by atomic mass is 9.97. The maximum absolute atomic E-state index is 10.7. The van der Waals surface area contributed by atoms with Gasteiger partial charge >= 0.3 is 0 Å². The van der Waals surface area contributed by atoms with Crippen LogP contribution >= 0.6 is 0 Å². The van der Waals surface area contributed by atoms with Crippen LogP contribution in [0.15, 0.2) is 18.2 Å². The number of nitro benzene ring substituents is 1. The third-order valence-electron chi connectivity index (χ3n) is 2.89. The summed E-state index contributed by atoms with van der Waals surface area (Å²) in [5.74, 6) is 0. The van der Waals surface area contributed by atoms with E-state index in [9.17, 15) is 10.1 Å². The molecule has 16 heavy (non-hydrogen) atoms. The standard InChI is InChI=1S/C11H14N2O3/c1-12-6-8-3-4-9(13(14)15)5-10(8)11(7-12)16-2/h3-5,11H,6-7H2,1-2H3. The monoisotopic (exact) mass is 222 g/mol. The minimum Gasteiger partial charge on any atom is -0.375 e. The van der Waals surface area contributed by atoms with Gasteiger partial charge in [0.05, 0.1) is 11.0 Å². The van der Waals surface area contributed by atoms with Crippen LogP contribution in [0.1, 0.15) is 17.2 Å². The summed E-state index contributed by atoms with van der Waals surface area (Å²) in [6.45, 7) is 1.58. The van der Waals surface area contributed by atoms with Crippen molar-refractivity contribution in [1.82, 2.24) is 4.90 Å². The Bertz CT molecular complexity index is 420. The zero-order valence-electron chi connectivity index (χ0n) is 9.34. The van der Waals surface area contributed by atoms with Crippen LogP contribution in [-0.4, -0.2) is 30.5 Å². The molecule has 0 amide bonds. The molecule has 0 aliphatic carbocycles. The third kappa shape index (κ3) is 1.91. The molecule has 1 aliphatic heterocycles. The first-order valence-electron chi connectivity index (χ1n) is 5.10. The molecule has 0 spiro atoms. The summed E-state index contributed by atoms with van der Waals surface area (Å²) in [5, 5.41) is 10.7. The molecule has 1 aromatic rings. The SMILES string of the molecule is COC1CN(C)Cc2ccc([N+](=O)[O-])cc21. The minimum absolute atomic E-state index is 0.0753. The average Bonchev–Trinajstić information content (AvgIpc) is 2.27. The van der Waals surface area contributed by atoms with Crippen molar-refractivity contribution in [2.24, 2.45) is 0 Å². The summed E-state index contributed by atoms with van der Waals surface area (Å²) < 4.78 is 5.36. The van der Waals surface area contributed by atoms with Gasteiger partial charge in [0.25, 0.3) is 5.69 Å². The van der Waals surface area contributed by atoms with E-state index in [4.69, 9.17) is 4.74 Å². The molecule has 5 heteroatoms. The molecule has 1 heterocycles. The highest BCUT2D eigenvalue weighted by Gasteiger charge is 2.24. The van der Waals surface area contributed by atoms with Gasteiger partial charge < -0.3 is 4.74 Å². The van der Waals surface area contributed by atoms with Crippen LogP contribution < -0.4 is 0 Å². The molecule has 0 N–H and O–H groups in total. The van der Waals surface area contributed by atoms with Gasteiger partial charge in [-0.15, -0.1) is 0 Å². The van der Waals surface area contributed by atoms with Gasteiger partial charge in [0.15, 0.2) is 0 Å². The lowest BCUT2D eigenvalue weighted by Gasteiger charge is -2.30. The second-order valence-corrected chi connectivity index (χ2v) is 4.06. The van der Waals surface area contributed by atoms with Crippen LogP contribution in [0.4, 0.5) is 5.69 Å². The van der Waals surface area contributed by atoms with E-state index in [-0.39, 0.29) is 16.7 Å². The van der Waals surface area contributed by atoms with Crippen LogP contribution in [0.3, 0.4) is 0 Å². The van der Waals surface area contributed by atoms with Gasteiger partial charge in [0.2, 0.25) is 0 Å². The third-order valence-corrected chi connectivity index (χ3v) is 2.89. The van der Waals surface area contributed by atoms with Crippen LogP contribution in [0.5, 0.6) is 0 Å². The molecule has 0 fully saturated rings. The Labute approximate surface area is 93.8 Å². The number of hydrogen-bond acceptors (Lipinski definition) is 4. The zero-order chi connectivity index (χ0) is 11.7. The molecule has 1 aliphatic rings. The number of benzene rings is 1. The van der Waals surface area contributed by atoms with E-state index < -0.39 is 0 Å². The molecule has 5 nitrogen and oxygen atoms in total. The number of rotatable bonds is 2. The maximum atomic E-state index is 10.7. The van der Waals surface area contributed by atoms with E-state index in [0.717, 1.165) is 24.2 Å². The van der Waals surface area contributed by atoms with Gasteiger partial charge in [-0.25, -0.2) is 0 Å². The van der Waals surface area contributed by atoms with Crippen LogP contribution in [-0.2, 0) is 11.3 Å². The second-order valence-electron chi connectivity index (χ2n) is 4.06. The molecule has 0 aromatic heterocycles. The van der Waals surface area contributed by atoms with Crippen molar-refractivity contribution in [3.63, 3.8) is 0 Å². The number of non-ortho nitro benzene ring substituents is 1. The Hall–Kier alpha value is -1.46. The summed E-state index contributed by atoms with van der Waals surface area (Å²) in [5.41, 5.74) is 2.17. The number of hydrogen-bond donors (Lipinski definition) is 0. The molecule has 2 rings (SSSR count). The number of nitro groups is 1. The van der Waals surface area contributed by atoms with Gasteiger partial charge in [-0.1, -0.05) is 6.07 Å². The molecule has 1 unspecified atom stereocenters. The second kappa shape index (κ2) is 4.19. The van der Waals surface area contributed by atoms with Crippen molar-refractivity contribution < 1.29 is 9.66 Å². The summed E-state index contributed by atoms with van der Waals surface area (Å²) in [7, 11) is 3.64. The van der Waals surface area contributed by atoms with E-state index in [1.165, 1.54) is 0 Å². The van der Waals surface area contributed by atoms with Crippen molar-refractivity contribution in [2.75, 3.05) is 20.7 Å². The summed E-state index contributed by atoms with van der Waals surface area (Å²) in [6, 6.07) is 4.98. The Morgan fingerprint density at radius 3 is 2.94 bits per heavy atom. The molecule has 0 radical (unpaired) electrons. The van der Waals surface area contributed by atoms with Gasteiger partial charge in [-0.3, -0.25) is 15.0 Å². The maximum Gasteiger partial charge on any atom is 0.269 e. The lowest BCUT2D eigenvalue weighted by Crippen LogP contribution is -2.31. The van der Waals surface area contributed by atoms with Gasteiger partial charge in [0.1, 0.15) is 0 Å². The van der Waals surface area contributed by atoms with E-state index in [1.807, 2.05) is 13.1 Å². The fourth-order valence-electron chi connectivity index (χ4n) is 2.08. The molecular weight excluding hydrogens is 208 g/mol. The Morgan fingerprint density at radius 1 is 1.56 bits per heavy atom. The topological polar surface area (TPSA) is 55.6 Å². The van der Waals surface area contributed by atoms with Crippen molar-refractivity contribution >= 4 is 5.69 Å². The molecule has 1 aromatic carbocycles. The predicted octanol–water partition coefficient (Wildman–Crippen LogP) is 1.73. The molecule has 0 saturated heterocycles. The zero-order valence-corrected chi connectivity index (χ0v) is 9.34. The first-order valence-corrected chi connectivity index (χ1v) is 5.10. The lowest BCUT2D eigenvalue weighted by molar-refractivity contribution is -0.385. The molecule has 1 atom stereocenters. The van der Waals surface area contributed by atoms with E-state index in [0.29, 0.717) is 0 Å². The van der Waals surface area contributed by atoms with Crippen molar-refractivity contribution in [1.29, 1.82) is 0 Å². The quantitative estimate of drug-likeness (QED) is 0.564. The molecule has 0 saturated carbocycles. The molecular formula is C11H14N2O3. The van der Waals surface area contributed by atoms with Crippen LogP contribution in [0.2, 0.25) is 0 Å². The first-order chi connectivity index (χ1) is 7.61. The van der Waals surface area contributed by atoms with Crippen molar-refractivity contribution in [3.05, 3.63) is 39.4 Å². The first kappa shape index (κ1) is 11.0. The Kier molecular flexibility index (Phi) is 2.89. The summed E-state index contributed by atoms with van der Waals surface area (Å²) >= 11 is 0. The number of ether oxygens (including phenoxy) is 1. The highest BCUT2D eigenvalue weighted by Crippen LogP contribution is 2.30. The number of methoxy groups -OCH3 is 1. The highest BCUT2D eigenvalue weighted by molar-refractivity contribution is 5.42. The average molecular weight is 222 g/mol. The summed E-state index contributed by atoms with van der Waals surface area (Å²) in [6.07, 6.45) is -0.0753. The molecule has 0 bridgehead atoms. The number of likely N-dealkylation sites (N-methyl/N-ethyl adjacent to an activating group) is 1. The fourth-order valence-corrected chi connectivity index (χ4v) is 2.08. The van der Waals surface area contributed by atoms with Gasteiger partial charge in [-0.05, 0) is 18.2 Å². The predicted molar refractivity (Wildman–Crippen MR) is 59.2 cm³/mol. The Balaban J connectivity index is 2.43. The van der Waals surface area contributed by atoms with E-state index in [1.54, 1.807) is 19.2 Å². The number of fused-ring (bicyclic) bond motifs is 1. The van der Waals surface area contributed by atoms with Crippen molar-refractivity contribution in [2.45, 2.75) is 12.6 Å². The highest BCUT2D eigenvalue weighted by atomic mass is 16.6. The normalized spacial score (nSPS) is 20.5.